The van der Waals surface area contributed by atoms with Gasteiger partial charge in [0, 0.05) is 4.88 Å². The second-order valence-corrected chi connectivity index (χ2v) is 7.47. The number of nitrogens with one attached hydrogen (secondary N) is 1. The first kappa shape index (κ1) is 18.0. The van der Waals surface area contributed by atoms with Gasteiger partial charge in [-0.1, -0.05) is 19.1 Å². The van der Waals surface area contributed by atoms with E-state index in [4.69, 9.17) is 15.7 Å². The van der Waals surface area contributed by atoms with Gasteiger partial charge < -0.3 is 15.8 Å². The van der Waals surface area contributed by atoms with Crippen LogP contribution >= 0.6 is 11.3 Å². The number of nitrogens with zero attached hydrogens (tertiary/aromatic N) is 1. The lowest BCUT2D eigenvalue weighted by atomic mass is 9.88. The molecule has 0 unspecified atom stereocenters. The van der Waals surface area contributed by atoms with Crippen LogP contribution in [0.15, 0.2) is 24.3 Å². The van der Waals surface area contributed by atoms with Crippen LogP contribution in [0.4, 0.5) is 5.00 Å². The summed E-state index contributed by atoms with van der Waals surface area (Å²) in [4.78, 5) is 25.3. The normalized spacial score (nSPS) is 15.6. The monoisotopic (exact) mass is 369 g/mol. The van der Waals surface area contributed by atoms with E-state index in [1.165, 1.54) is 11.3 Å². The molecular formula is C19H19N3O3S. The topological polar surface area (TPSA) is 105 Å². The van der Waals surface area contributed by atoms with Gasteiger partial charge in [-0.05, 0) is 42.9 Å². The van der Waals surface area contributed by atoms with E-state index in [0.29, 0.717) is 27.8 Å². The summed E-state index contributed by atoms with van der Waals surface area (Å²) in [5.41, 5.74) is 7.29. The zero-order chi connectivity index (χ0) is 18.7. The van der Waals surface area contributed by atoms with Gasteiger partial charge in [0.25, 0.3) is 11.8 Å². The summed E-state index contributed by atoms with van der Waals surface area (Å²) >= 11 is 1.41. The number of anilines is 1. The highest BCUT2D eigenvalue weighted by Gasteiger charge is 2.27. The standard InChI is InChI=1S/C19H19N3O3S/c1-11-6-7-13-15(8-11)26-19(17(13)18(21)24)22-16(23)10-25-14-5-3-2-4-12(14)9-20/h2-5,11H,6-8,10H2,1H3,(H2,21,24)(H,22,23)/t11-/m0/s1. The van der Waals surface area contributed by atoms with Gasteiger partial charge >= 0.3 is 0 Å². The lowest BCUT2D eigenvalue weighted by Gasteiger charge is -2.18. The van der Waals surface area contributed by atoms with E-state index in [1.807, 2.05) is 6.07 Å². The highest BCUT2D eigenvalue weighted by atomic mass is 32.1. The van der Waals surface area contributed by atoms with Gasteiger partial charge in [0.15, 0.2) is 6.61 Å². The predicted molar refractivity (Wildman–Crippen MR) is 99.3 cm³/mol. The second-order valence-electron chi connectivity index (χ2n) is 6.36. The molecule has 0 aliphatic heterocycles. The van der Waals surface area contributed by atoms with Crippen LogP contribution in [0.3, 0.4) is 0 Å². The number of hydrogen-bond acceptors (Lipinski definition) is 5. The molecule has 2 amide bonds. The molecule has 7 heteroatoms. The van der Waals surface area contributed by atoms with Crippen molar-refractivity contribution in [3.8, 4) is 11.8 Å². The number of carbonyl (C=O) groups is 2. The summed E-state index contributed by atoms with van der Waals surface area (Å²) in [6.07, 6.45) is 2.70. The van der Waals surface area contributed by atoms with E-state index in [0.717, 1.165) is 29.7 Å². The van der Waals surface area contributed by atoms with Crippen molar-refractivity contribution < 1.29 is 14.3 Å². The summed E-state index contributed by atoms with van der Waals surface area (Å²) in [7, 11) is 0. The van der Waals surface area contributed by atoms with Crippen molar-refractivity contribution in [1.82, 2.24) is 0 Å². The molecule has 1 aromatic heterocycles. The quantitative estimate of drug-likeness (QED) is 0.845. The number of carbonyl (C=O) groups excluding carboxylic acids is 2. The summed E-state index contributed by atoms with van der Waals surface area (Å²) in [5.74, 6) is -0.0224. The van der Waals surface area contributed by atoms with Crippen molar-refractivity contribution in [3.63, 3.8) is 0 Å². The first-order valence-electron chi connectivity index (χ1n) is 8.35. The van der Waals surface area contributed by atoms with Crippen LogP contribution < -0.4 is 15.8 Å². The van der Waals surface area contributed by atoms with Gasteiger partial charge in [0.2, 0.25) is 0 Å². The number of rotatable bonds is 5. The number of para-hydroxylation sites is 1. The molecule has 0 bridgehead atoms. The van der Waals surface area contributed by atoms with Crippen molar-refractivity contribution >= 4 is 28.2 Å². The number of primary amides is 1. The zero-order valence-corrected chi connectivity index (χ0v) is 15.2. The average molecular weight is 369 g/mol. The number of nitriles is 1. The fourth-order valence-electron chi connectivity index (χ4n) is 3.09. The van der Waals surface area contributed by atoms with Crippen LogP contribution in [0.25, 0.3) is 0 Å². The molecule has 0 fully saturated rings. The molecule has 26 heavy (non-hydrogen) atoms. The molecule has 0 saturated carbocycles. The van der Waals surface area contributed by atoms with Gasteiger partial charge in [0.1, 0.15) is 16.8 Å². The van der Waals surface area contributed by atoms with Crippen molar-refractivity contribution in [1.29, 1.82) is 5.26 Å². The minimum absolute atomic E-state index is 0.254. The van der Waals surface area contributed by atoms with E-state index in [1.54, 1.807) is 24.3 Å². The molecule has 1 aliphatic carbocycles. The number of thiophene rings is 1. The molecule has 6 nitrogen and oxygen atoms in total. The van der Waals surface area contributed by atoms with Gasteiger partial charge in [0.05, 0.1) is 11.1 Å². The summed E-state index contributed by atoms with van der Waals surface area (Å²) in [6, 6.07) is 8.72. The molecule has 1 aliphatic rings. The maximum atomic E-state index is 12.3. The van der Waals surface area contributed by atoms with Gasteiger partial charge in [-0.2, -0.15) is 5.26 Å². The molecule has 3 N–H and O–H groups in total. The van der Waals surface area contributed by atoms with Gasteiger partial charge in [-0.25, -0.2) is 0 Å². The lowest BCUT2D eigenvalue weighted by Crippen LogP contribution is -2.23. The Balaban J connectivity index is 1.73. The lowest BCUT2D eigenvalue weighted by molar-refractivity contribution is -0.118. The molecule has 134 valence electrons. The van der Waals surface area contributed by atoms with Crippen molar-refractivity contribution in [3.05, 3.63) is 45.8 Å². The third-order valence-corrected chi connectivity index (χ3v) is 5.55. The van der Waals surface area contributed by atoms with E-state index in [2.05, 4.69) is 12.2 Å². The average Bonchev–Trinajstić information content (AvgIpc) is 2.97. The van der Waals surface area contributed by atoms with Crippen LogP contribution in [0.2, 0.25) is 0 Å². The largest absolute Gasteiger partial charge is 0.482 e. The number of benzene rings is 1. The minimum atomic E-state index is -0.525. The fraction of sp³-hybridized carbons (Fsp3) is 0.316. The Labute approximate surface area is 155 Å². The van der Waals surface area contributed by atoms with Crippen molar-refractivity contribution in [2.75, 3.05) is 11.9 Å². The SMILES string of the molecule is C[C@H]1CCc2c(sc(NC(=O)COc3ccccc3C#N)c2C(N)=O)C1. The molecular weight excluding hydrogens is 350 g/mol. The fourth-order valence-corrected chi connectivity index (χ4v) is 4.52. The van der Waals surface area contributed by atoms with Gasteiger partial charge in [-0.3, -0.25) is 9.59 Å². The summed E-state index contributed by atoms with van der Waals surface area (Å²) < 4.78 is 5.44. The van der Waals surface area contributed by atoms with E-state index in [-0.39, 0.29) is 6.61 Å². The Hall–Kier alpha value is -2.85. The van der Waals surface area contributed by atoms with Crippen molar-refractivity contribution in [2.24, 2.45) is 11.7 Å². The minimum Gasteiger partial charge on any atom is -0.482 e. The molecule has 1 aromatic carbocycles. The second kappa shape index (κ2) is 7.58. The molecule has 3 rings (SSSR count). The van der Waals surface area contributed by atoms with E-state index >= 15 is 0 Å². The highest BCUT2D eigenvalue weighted by Crippen LogP contribution is 2.39. The highest BCUT2D eigenvalue weighted by molar-refractivity contribution is 7.17. The molecule has 0 radical (unpaired) electrons. The number of nitrogens with two attached hydrogens (primary N) is 1. The van der Waals surface area contributed by atoms with Crippen LogP contribution in [0, 0.1) is 17.2 Å². The van der Waals surface area contributed by atoms with E-state index < -0.39 is 11.8 Å². The summed E-state index contributed by atoms with van der Waals surface area (Å²) in [6.45, 7) is 1.92. The smallest absolute Gasteiger partial charge is 0.262 e. The maximum Gasteiger partial charge on any atom is 0.262 e. The van der Waals surface area contributed by atoms with Crippen molar-refractivity contribution in [2.45, 2.75) is 26.2 Å². The third-order valence-electron chi connectivity index (χ3n) is 4.38. The molecule has 1 atom stereocenters. The van der Waals surface area contributed by atoms with Crippen LogP contribution in [-0.4, -0.2) is 18.4 Å². The first-order chi connectivity index (χ1) is 12.5. The summed E-state index contributed by atoms with van der Waals surface area (Å²) in [5, 5.41) is 12.3. The van der Waals surface area contributed by atoms with Gasteiger partial charge in [-0.15, -0.1) is 11.3 Å². The van der Waals surface area contributed by atoms with Crippen LogP contribution in [0.5, 0.6) is 5.75 Å². The Bertz CT molecular complexity index is 898. The first-order valence-corrected chi connectivity index (χ1v) is 9.17. The third kappa shape index (κ3) is 3.70. The zero-order valence-electron chi connectivity index (χ0n) is 14.4. The Morgan fingerprint density at radius 1 is 1.42 bits per heavy atom. The number of hydrogen-bond donors (Lipinski definition) is 2. The Kier molecular flexibility index (Phi) is 5.24. The predicted octanol–water partition coefficient (Wildman–Crippen LogP) is 2.86. The van der Waals surface area contributed by atoms with Crippen LogP contribution in [0.1, 0.15) is 39.7 Å². The molecule has 0 saturated heterocycles. The number of amides is 2. The Morgan fingerprint density at radius 2 is 2.19 bits per heavy atom. The Morgan fingerprint density at radius 3 is 2.92 bits per heavy atom. The molecule has 1 heterocycles. The maximum absolute atomic E-state index is 12.3. The molecule has 0 spiro atoms. The van der Waals surface area contributed by atoms with E-state index in [9.17, 15) is 9.59 Å². The van der Waals surface area contributed by atoms with Crippen LogP contribution in [-0.2, 0) is 17.6 Å². The molecule has 2 aromatic rings. The number of fused-ring (bicyclic) bond motifs is 1. The number of ether oxygens (including phenoxy) is 1.